The molecule has 0 unspecified atom stereocenters. The van der Waals surface area contributed by atoms with Crippen molar-refractivity contribution in [1.82, 2.24) is 5.16 Å². The molecule has 21 heavy (non-hydrogen) atoms. The normalized spacial score (nSPS) is 10.5. The number of aryl methyl sites for hydroxylation is 1. The lowest BCUT2D eigenvalue weighted by Gasteiger charge is -2.08. The van der Waals surface area contributed by atoms with E-state index in [-0.39, 0.29) is 5.82 Å². The average molecular weight is 287 g/mol. The Morgan fingerprint density at radius 1 is 1.10 bits per heavy atom. The molecule has 1 heterocycles. The van der Waals surface area contributed by atoms with Gasteiger partial charge in [0.25, 0.3) is 0 Å². The first-order chi connectivity index (χ1) is 9.95. The van der Waals surface area contributed by atoms with Crippen LogP contribution in [0.25, 0.3) is 0 Å². The minimum atomic E-state index is -0.795. The van der Waals surface area contributed by atoms with Crippen molar-refractivity contribution in [3.8, 4) is 0 Å². The minimum absolute atomic E-state index is 0.211. The number of aromatic nitrogens is 1. The molecule has 1 aromatic heterocycles. The van der Waals surface area contributed by atoms with E-state index in [0.717, 1.165) is 5.56 Å². The lowest BCUT2D eigenvalue weighted by atomic mass is 10.0. The van der Waals surface area contributed by atoms with Crippen LogP contribution in [0.5, 0.6) is 0 Å². The molecule has 2 amide bonds. The minimum Gasteiger partial charge on any atom is -0.360 e. The Morgan fingerprint density at radius 3 is 2.24 bits per heavy atom. The van der Waals surface area contributed by atoms with Crippen LogP contribution >= 0.6 is 0 Å². The zero-order valence-electron chi connectivity index (χ0n) is 12.1. The van der Waals surface area contributed by atoms with Crippen LogP contribution in [0.1, 0.15) is 31.1 Å². The molecule has 2 N–H and O–H groups in total. The summed E-state index contributed by atoms with van der Waals surface area (Å²) in [7, 11) is 0. The van der Waals surface area contributed by atoms with Crippen LogP contribution in [-0.4, -0.2) is 17.0 Å². The first-order valence-electron chi connectivity index (χ1n) is 6.61. The number of hydrogen-bond donors (Lipinski definition) is 2. The van der Waals surface area contributed by atoms with Gasteiger partial charge in [-0.25, -0.2) is 0 Å². The number of hydrogen-bond acceptors (Lipinski definition) is 4. The van der Waals surface area contributed by atoms with E-state index < -0.39 is 11.8 Å². The third kappa shape index (κ3) is 3.92. The van der Waals surface area contributed by atoms with Gasteiger partial charge in [-0.2, -0.15) is 0 Å². The van der Waals surface area contributed by atoms with Gasteiger partial charge in [0.2, 0.25) is 0 Å². The maximum absolute atomic E-state index is 11.8. The number of benzene rings is 1. The van der Waals surface area contributed by atoms with Crippen LogP contribution in [0, 0.1) is 6.92 Å². The topological polar surface area (TPSA) is 84.2 Å². The third-order valence-corrected chi connectivity index (χ3v) is 2.91. The molecule has 0 aliphatic heterocycles. The molecule has 0 spiro atoms. The maximum Gasteiger partial charge on any atom is 0.315 e. The molecule has 0 saturated carbocycles. The third-order valence-electron chi connectivity index (χ3n) is 2.91. The van der Waals surface area contributed by atoms with Gasteiger partial charge < -0.3 is 9.84 Å². The Bertz CT molecular complexity index is 644. The molecule has 2 rings (SSSR count). The van der Waals surface area contributed by atoms with Gasteiger partial charge in [-0.15, -0.1) is 0 Å². The van der Waals surface area contributed by atoms with E-state index in [0.29, 0.717) is 17.4 Å². The number of nitrogens with zero attached hydrogens (tertiary/aromatic N) is 1. The van der Waals surface area contributed by atoms with Crippen molar-refractivity contribution in [3.63, 3.8) is 0 Å². The van der Waals surface area contributed by atoms with E-state index in [4.69, 9.17) is 4.52 Å². The largest absolute Gasteiger partial charge is 0.360 e. The highest BCUT2D eigenvalue weighted by molar-refractivity contribution is 6.43. The van der Waals surface area contributed by atoms with E-state index >= 15 is 0 Å². The van der Waals surface area contributed by atoms with Gasteiger partial charge in [0, 0.05) is 11.8 Å². The number of anilines is 2. The number of nitrogens with one attached hydrogen (secondary N) is 2. The van der Waals surface area contributed by atoms with E-state index in [1.54, 1.807) is 19.1 Å². The van der Waals surface area contributed by atoms with Crippen LogP contribution in [0.2, 0.25) is 0 Å². The standard InChI is InChI=1S/C15H17N3O3/c1-9(2)11-4-6-12(7-5-11)16-14(19)15(20)17-13-8-10(3)21-18-13/h4-9H,1-3H3,(H,16,19)(H,17,18,20). The van der Waals surface area contributed by atoms with Crippen molar-refractivity contribution < 1.29 is 14.1 Å². The summed E-state index contributed by atoms with van der Waals surface area (Å²) in [6, 6.07) is 8.89. The molecule has 0 radical (unpaired) electrons. The van der Waals surface area contributed by atoms with E-state index in [2.05, 4.69) is 29.6 Å². The fourth-order valence-corrected chi connectivity index (χ4v) is 1.74. The predicted octanol–water partition coefficient (Wildman–Crippen LogP) is 2.68. The predicted molar refractivity (Wildman–Crippen MR) is 79.0 cm³/mol. The quantitative estimate of drug-likeness (QED) is 0.850. The van der Waals surface area contributed by atoms with E-state index in [1.807, 2.05) is 12.1 Å². The monoisotopic (exact) mass is 287 g/mol. The highest BCUT2D eigenvalue weighted by atomic mass is 16.5. The number of carbonyl (C=O) groups excluding carboxylic acids is 2. The zero-order chi connectivity index (χ0) is 15.4. The molecule has 0 aliphatic carbocycles. The Labute approximate surface area is 122 Å². The lowest BCUT2D eigenvalue weighted by molar-refractivity contribution is -0.133. The number of amides is 2. The number of carbonyl (C=O) groups is 2. The second kappa shape index (κ2) is 6.21. The first-order valence-corrected chi connectivity index (χ1v) is 6.61. The fourth-order valence-electron chi connectivity index (χ4n) is 1.74. The van der Waals surface area contributed by atoms with Gasteiger partial charge in [0.05, 0.1) is 0 Å². The Morgan fingerprint density at radius 2 is 1.71 bits per heavy atom. The summed E-state index contributed by atoms with van der Waals surface area (Å²) >= 11 is 0. The van der Waals surface area contributed by atoms with E-state index in [1.165, 1.54) is 6.07 Å². The summed E-state index contributed by atoms with van der Waals surface area (Å²) in [6.45, 7) is 5.86. The number of rotatable bonds is 3. The smallest absolute Gasteiger partial charge is 0.315 e. The molecule has 6 nitrogen and oxygen atoms in total. The molecule has 0 bridgehead atoms. The van der Waals surface area contributed by atoms with Gasteiger partial charge >= 0.3 is 11.8 Å². The molecule has 110 valence electrons. The highest BCUT2D eigenvalue weighted by Gasteiger charge is 2.15. The summed E-state index contributed by atoms with van der Waals surface area (Å²) in [5.74, 6) is -0.379. The molecule has 0 aliphatic rings. The summed E-state index contributed by atoms with van der Waals surface area (Å²) in [5, 5.41) is 8.47. The Hall–Kier alpha value is -2.63. The molecule has 0 fully saturated rings. The van der Waals surface area contributed by atoms with Crippen molar-refractivity contribution in [3.05, 3.63) is 41.7 Å². The van der Waals surface area contributed by atoms with Crippen LogP contribution in [0.3, 0.4) is 0 Å². The summed E-state index contributed by atoms with van der Waals surface area (Å²) in [4.78, 5) is 23.5. The van der Waals surface area contributed by atoms with Crippen LogP contribution < -0.4 is 10.6 Å². The van der Waals surface area contributed by atoms with Crippen molar-refractivity contribution in [1.29, 1.82) is 0 Å². The second-order valence-electron chi connectivity index (χ2n) is 5.01. The van der Waals surface area contributed by atoms with Gasteiger partial charge in [0.15, 0.2) is 5.82 Å². The summed E-state index contributed by atoms with van der Waals surface area (Å²) < 4.78 is 4.80. The molecule has 1 aromatic carbocycles. The molecule has 0 saturated heterocycles. The van der Waals surface area contributed by atoms with Gasteiger partial charge in [0.1, 0.15) is 5.76 Å². The van der Waals surface area contributed by atoms with Gasteiger partial charge in [-0.1, -0.05) is 31.1 Å². The lowest BCUT2D eigenvalue weighted by Crippen LogP contribution is -2.29. The molecule has 2 aromatic rings. The molecular weight excluding hydrogens is 270 g/mol. The zero-order valence-corrected chi connectivity index (χ0v) is 12.1. The van der Waals surface area contributed by atoms with Crippen molar-refractivity contribution >= 4 is 23.3 Å². The maximum atomic E-state index is 11.8. The summed E-state index contributed by atoms with van der Waals surface area (Å²) in [5.41, 5.74) is 1.73. The van der Waals surface area contributed by atoms with Crippen LogP contribution in [0.4, 0.5) is 11.5 Å². The molecule has 0 atom stereocenters. The van der Waals surface area contributed by atoms with Gasteiger partial charge in [-0.3, -0.25) is 14.9 Å². The van der Waals surface area contributed by atoms with Crippen LogP contribution in [0.15, 0.2) is 34.9 Å². The Balaban J connectivity index is 1.95. The van der Waals surface area contributed by atoms with Crippen LogP contribution in [-0.2, 0) is 9.59 Å². The SMILES string of the molecule is Cc1cc(NC(=O)C(=O)Nc2ccc(C(C)C)cc2)no1. The van der Waals surface area contributed by atoms with Crippen molar-refractivity contribution in [2.45, 2.75) is 26.7 Å². The average Bonchev–Trinajstić information content (AvgIpc) is 2.84. The molecular formula is C15H17N3O3. The van der Waals surface area contributed by atoms with Crippen molar-refractivity contribution in [2.24, 2.45) is 0 Å². The van der Waals surface area contributed by atoms with Gasteiger partial charge in [-0.05, 0) is 30.5 Å². The highest BCUT2D eigenvalue weighted by Crippen LogP contribution is 2.17. The summed E-state index contributed by atoms with van der Waals surface area (Å²) in [6.07, 6.45) is 0. The second-order valence-corrected chi connectivity index (χ2v) is 5.01. The molecule has 6 heteroatoms. The van der Waals surface area contributed by atoms with E-state index in [9.17, 15) is 9.59 Å². The fraction of sp³-hybridized carbons (Fsp3) is 0.267. The van der Waals surface area contributed by atoms with Crippen molar-refractivity contribution in [2.75, 3.05) is 10.6 Å². The first kappa shape index (κ1) is 14.8. The Kier molecular flexibility index (Phi) is 4.37.